The minimum absolute atomic E-state index is 0.00298. The van der Waals surface area contributed by atoms with Crippen LogP contribution in [-0.4, -0.2) is 131 Å². The van der Waals surface area contributed by atoms with E-state index in [2.05, 4.69) is 47.1 Å². The number of cyclic esters (lactones) is 1. The highest BCUT2D eigenvalue weighted by atomic mass is 33.1. The number of ether oxygens (including phenoxy) is 1. The summed E-state index contributed by atoms with van der Waals surface area (Å²) in [6.07, 6.45) is 8.36. The number of aliphatic hydroxyl groups is 6. The van der Waals surface area contributed by atoms with Gasteiger partial charge < -0.3 is 62.3 Å². The molecule has 18 heteroatoms. The number of nitrogens with zero attached hydrogens (tertiary/aromatic N) is 1. The molecule has 9 aliphatic rings. The number of aromatic amines is 1. The lowest BCUT2D eigenvalue weighted by atomic mass is 9.43. The first-order valence-electron chi connectivity index (χ1n) is 30.3. The SMILES string of the molecule is CC1CCC2=CCC3C(C)CC(O)C(C)(O)C4C(CC#CC(C5COC(=O)C5c5cc[nH]c5)CC3C2C1)CC1(O)C2=C3NC(CO)C(=O)CC(c5ccc(O)cc5)CSSCC5C(O)C(O)CC(C)(C2CCC41CCN=C(N)N)C5C3=O. The van der Waals surface area contributed by atoms with Crippen LogP contribution in [0.5, 0.6) is 5.75 Å². The van der Waals surface area contributed by atoms with E-state index >= 15 is 4.79 Å². The van der Waals surface area contributed by atoms with Gasteiger partial charge in [0.15, 0.2) is 17.5 Å². The molecule has 0 amide bonds. The van der Waals surface area contributed by atoms with Crippen molar-refractivity contribution in [2.75, 3.05) is 31.3 Å². The van der Waals surface area contributed by atoms with E-state index in [0.717, 1.165) is 43.2 Å². The molecule has 22 atom stereocenters. The van der Waals surface area contributed by atoms with Gasteiger partial charge in [0, 0.05) is 84.2 Å². The van der Waals surface area contributed by atoms with Gasteiger partial charge in [0.2, 0.25) is 0 Å². The number of aromatic nitrogens is 1. The number of fused-ring (bicyclic) bond motifs is 10. The molecule has 0 radical (unpaired) electrons. The van der Waals surface area contributed by atoms with Crippen molar-refractivity contribution in [1.29, 1.82) is 0 Å². The minimum atomic E-state index is -1.96. The van der Waals surface area contributed by atoms with Crippen molar-refractivity contribution in [2.45, 2.75) is 159 Å². The van der Waals surface area contributed by atoms with Gasteiger partial charge in [0.05, 0.1) is 54.3 Å². The van der Waals surface area contributed by atoms with Gasteiger partial charge in [-0.1, -0.05) is 72.1 Å². The molecule has 82 heavy (non-hydrogen) atoms. The third-order valence-corrected chi connectivity index (χ3v) is 25.2. The zero-order chi connectivity index (χ0) is 58.2. The van der Waals surface area contributed by atoms with E-state index in [0.29, 0.717) is 41.8 Å². The Morgan fingerprint density at radius 3 is 2.43 bits per heavy atom. The molecule has 13 N–H and O–H groups in total. The third-order valence-electron chi connectivity index (χ3n) is 22.7. The number of phenols is 1. The van der Waals surface area contributed by atoms with Gasteiger partial charge in [0.1, 0.15) is 11.8 Å². The maximum atomic E-state index is 16.2. The number of hydrogen-bond donors (Lipinski definition) is 11. The molecule has 7 aliphatic carbocycles. The molecule has 2 aromatic rings. The lowest BCUT2D eigenvalue weighted by molar-refractivity contribution is -0.193. The summed E-state index contributed by atoms with van der Waals surface area (Å²) >= 11 is 0. The number of H-pyrrole nitrogens is 1. The fourth-order valence-corrected chi connectivity index (χ4v) is 21.6. The summed E-state index contributed by atoms with van der Waals surface area (Å²) in [6, 6.07) is 7.32. The van der Waals surface area contributed by atoms with Gasteiger partial charge in [-0.3, -0.25) is 19.4 Å². The second kappa shape index (κ2) is 23.2. The van der Waals surface area contributed by atoms with Gasteiger partial charge in [-0.2, -0.15) is 0 Å². The summed E-state index contributed by atoms with van der Waals surface area (Å²) in [5, 5.41) is 90.4. The van der Waals surface area contributed by atoms with Crippen LogP contribution in [-0.2, 0) is 19.1 Å². The summed E-state index contributed by atoms with van der Waals surface area (Å²) in [7, 11) is 2.98. The Morgan fingerprint density at radius 1 is 0.927 bits per heavy atom. The van der Waals surface area contributed by atoms with Gasteiger partial charge in [-0.05, 0) is 159 Å². The monoisotopic (exact) mass is 1170 g/mol. The number of rotatable bonds is 7. The first-order valence-corrected chi connectivity index (χ1v) is 32.8. The molecule has 2 bridgehead atoms. The molecule has 2 aliphatic heterocycles. The number of Topliss-reactive ketones (excluding diaryl/α,β-unsaturated/α-hetero) is 2. The van der Waals surface area contributed by atoms with Crippen LogP contribution in [0.1, 0.15) is 134 Å². The Hall–Kier alpha value is -4.32. The lowest BCUT2D eigenvalue weighted by Crippen LogP contribution is -2.67. The molecule has 0 spiro atoms. The number of esters is 1. The largest absolute Gasteiger partial charge is 0.508 e. The number of ketones is 2. The number of hydrogen-bond acceptors (Lipinski definition) is 15. The summed E-state index contributed by atoms with van der Waals surface area (Å²) in [4.78, 5) is 52.5. The topological polar surface area (TPSA) is 294 Å². The molecule has 22 unspecified atom stereocenters. The molecule has 1 aromatic heterocycles. The average Bonchev–Trinajstić information content (AvgIpc) is 1.52. The number of aliphatic hydroxyl groups excluding tert-OH is 4. The number of phenolic OH excluding ortho intramolecular Hbond substituents is 1. The molecule has 2 saturated heterocycles. The standard InChI is InChI=1S/C64H87N5O11S2/c1-33-8-9-36-12-15-42-34(2)23-51(74)62(4,78)58-38(7-5-6-37(24-44(42)43(36)22-33)45-30-80-59(77)52(45)39-17-20-67-28-39)26-64(79)54-47(16-18-63(58,64)19-21-68-60(65)66)61(3)27-50(73)56(75)46-32-82-81-31-40(35-10-13-41(71)14-11-35)25-49(72)48(29-70)69-55(54)57(76)53(46)61/h10-14,17,20,28,33-34,37-38,40,42-48,50-53,56,58,67,69-71,73-75,78-79H,7-9,15-16,18-19,21-27,29-32H2,1-4H3,(H4,65,66,68). The van der Waals surface area contributed by atoms with Crippen LogP contribution in [0.2, 0.25) is 0 Å². The number of benzene rings is 1. The molecule has 446 valence electrons. The maximum Gasteiger partial charge on any atom is 0.313 e. The minimum Gasteiger partial charge on any atom is -0.508 e. The average molecular weight is 1170 g/mol. The number of guanidine groups is 1. The van der Waals surface area contributed by atoms with Crippen molar-refractivity contribution in [3.63, 3.8) is 0 Å². The quantitative estimate of drug-likeness (QED) is 0.0365. The van der Waals surface area contributed by atoms with Crippen molar-refractivity contribution in [1.82, 2.24) is 10.3 Å². The molecule has 4 saturated carbocycles. The first kappa shape index (κ1) is 59.4. The number of nitrogens with one attached hydrogen (secondary N) is 2. The van der Waals surface area contributed by atoms with Crippen LogP contribution in [0.3, 0.4) is 0 Å². The predicted octanol–water partition coefficient (Wildman–Crippen LogP) is 6.24. The van der Waals surface area contributed by atoms with E-state index in [1.165, 1.54) is 27.2 Å². The number of aliphatic imine (C=N–C) groups is 1. The smallest absolute Gasteiger partial charge is 0.313 e. The number of allylic oxidation sites excluding steroid dienone is 3. The van der Waals surface area contributed by atoms with Crippen LogP contribution in [0.25, 0.3) is 0 Å². The Morgan fingerprint density at radius 2 is 1.70 bits per heavy atom. The van der Waals surface area contributed by atoms with E-state index < -0.39 is 94.3 Å². The zero-order valence-corrected chi connectivity index (χ0v) is 49.6. The second-order valence-corrected chi connectivity index (χ2v) is 29.7. The number of carbonyl (C=O) groups is 3. The molecule has 1 aromatic carbocycles. The van der Waals surface area contributed by atoms with Crippen molar-refractivity contribution >= 4 is 45.1 Å². The molecular weight excluding hydrogens is 1080 g/mol. The fourth-order valence-electron chi connectivity index (χ4n) is 18.8. The van der Waals surface area contributed by atoms with Crippen LogP contribution < -0.4 is 16.8 Å². The van der Waals surface area contributed by atoms with Crippen LogP contribution in [0.4, 0.5) is 0 Å². The van der Waals surface area contributed by atoms with E-state index in [-0.39, 0.29) is 116 Å². The van der Waals surface area contributed by atoms with Crippen molar-refractivity contribution in [3.05, 3.63) is 76.8 Å². The van der Waals surface area contributed by atoms with E-state index in [9.17, 15) is 45.3 Å². The van der Waals surface area contributed by atoms with E-state index in [1.54, 1.807) is 31.2 Å². The third kappa shape index (κ3) is 10.3. The molecule has 11 rings (SSSR count). The van der Waals surface area contributed by atoms with E-state index in [1.807, 2.05) is 25.4 Å². The normalized spacial score (nSPS) is 44.2. The van der Waals surface area contributed by atoms with Crippen LogP contribution in [0, 0.1) is 93.7 Å². The van der Waals surface area contributed by atoms with Gasteiger partial charge in [-0.15, -0.1) is 5.92 Å². The predicted molar refractivity (Wildman–Crippen MR) is 315 cm³/mol. The van der Waals surface area contributed by atoms with Gasteiger partial charge >= 0.3 is 5.97 Å². The molecule has 16 nitrogen and oxygen atoms in total. The Bertz CT molecular complexity index is 2880. The maximum absolute atomic E-state index is 16.2. The number of nitrogens with two attached hydrogens (primary N) is 2. The summed E-state index contributed by atoms with van der Waals surface area (Å²) in [5.74, 6) is 3.05. The molecule has 3 heterocycles. The first-order chi connectivity index (χ1) is 39.1. The van der Waals surface area contributed by atoms with Crippen molar-refractivity contribution < 1.29 is 54.9 Å². The van der Waals surface area contributed by atoms with Crippen molar-refractivity contribution in [3.8, 4) is 17.6 Å². The van der Waals surface area contributed by atoms with Gasteiger partial charge in [0.25, 0.3) is 0 Å². The second-order valence-electron chi connectivity index (χ2n) is 27.1. The van der Waals surface area contributed by atoms with Gasteiger partial charge in [-0.25, -0.2) is 0 Å². The number of aromatic hydroxyl groups is 1. The van der Waals surface area contributed by atoms with E-state index in [4.69, 9.17) is 16.2 Å². The highest BCUT2D eigenvalue weighted by Crippen LogP contribution is 2.73. The highest BCUT2D eigenvalue weighted by Gasteiger charge is 2.75. The Kier molecular flexibility index (Phi) is 16.8. The Balaban J connectivity index is 1.08. The number of carbonyl (C=O) groups excluding carboxylic acids is 3. The molecular formula is C64H87N5O11S2. The van der Waals surface area contributed by atoms with Crippen LogP contribution >= 0.6 is 21.6 Å². The Labute approximate surface area is 490 Å². The summed E-state index contributed by atoms with van der Waals surface area (Å²) in [6.45, 7) is 7.78. The van der Waals surface area contributed by atoms with Crippen molar-refractivity contribution in [2.24, 2.45) is 98.3 Å². The summed E-state index contributed by atoms with van der Waals surface area (Å²) < 4.78 is 5.95. The molecule has 6 fully saturated rings. The fraction of sp³-hybridized carbons (Fsp3) is 0.688. The zero-order valence-electron chi connectivity index (χ0n) is 47.9. The lowest BCUT2D eigenvalue weighted by Gasteiger charge is -2.63. The van der Waals surface area contributed by atoms with Crippen LogP contribution in [0.15, 0.2) is 70.6 Å². The summed E-state index contributed by atoms with van der Waals surface area (Å²) in [5.41, 5.74) is 9.44. The highest BCUT2D eigenvalue weighted by molar-refractivity contribution is 8.76.